The zero-order valence-corrected chi connectivity index (χ0v) is 14.0. The van der Waals surface area contributed by atoms with Gasteiger partial charge in [-0.1, -0.05) is 36.4 Å². The fourth-order valence-corrected chi connectivity index (χ4v) is 3.01. The lowest BCUT2D eigenvalue weighted by Crippen LogP contribution is -2.17. The Balaban J connectivity index is 2.32. The van der Waals surface area contributed by atoms with Gasteiger partial charge in [-0.05, 0) is 35.0 Å². The molecular formula is C21H21NO2. The van der Waals surface area contributed by atoms with Crippen molar-refractivity contribution < 1.29 is 9.84 Å². The molecule has 122 valence electrons. The lowest BCUT2D eigenvalue weighted by Gasteiger charge is -2.23. The van der Waals surface area contributed by atoms with E-state index in [2.05, 4.69) is 11.5 Å². The second-order valence-corrected chi connectivity index (χ2v) is 5.73. The second kappa shape index (κ2) is 6.67. The smallest absolute Gasteiger partial charge is 0.124 e. The largest absolute Gasteiger partial charge is 0.507 e. The highest BCUT2D eigenvalue weighted by Crippen LogP contribution is 2.42. The minimum Gasteiger partial charge on any atom is -0.507 e. The molecule has 0 radical (unpaired) electrons. The molecule has 0 unspecified atom stereocenters. The number of nitrogens with zero attached hydrogens (tertiary/aromatic N) is 1. The van der Waals surface area contributed by atoms with Crippen LogP contribution in [0.25, 0.3) is 21.9 Å². The minimum atomic E-state index is 0.259. The molecule has 24 heavy (non-hydrogen) atoms. The first-order chi connectivity index (χ1) is 11.7. The zero-order chi connectivity index (χ0) is 17.1. The Morgan fingerprint density at radius 3 is 2.67 bits per heavy atom. The van der Waals surface area contributed by atoms with Gasteiger partial charge in [0, 0.05) is 30.4 Å². The number of phenolic OH excluding ortho intramolecular Hbond substituents is 1. The van der Waals surface area contributed by atoms with E-state index in [0.29, 0.717) is 6.54 Å². The van der Waals surface area contributed by atoms with Crippen LogP contribution in [0.15, 0.2) is 67.3 Å². The molecule has 1 N–H and O–H groups in total. The molecule has 0 bridgehead atoms. The van der Waals surface area contributed by atoms with Crippen molar-refractivity contribution in [1.82, 2.24) is 0 Å². The van der Waals surface area contributed by atoms with Crippen LogP contribution in [0, 0.1) is 0 Å². The predicted octanol–water partition coefficient (Wildman–Crippen LogP) is 4.84. The van der Waals surface area contributed by atoms with Crippen LogP contribution in [0.5, 0.6) is 11.5 Å². The van der Waals surface area contributed by atoms with E-state index in [1.165, 1.54) is 0 Å². The van der Waals surface area contributed by atoms with Crippen LogP contribution in [-0.4, -0.2) is 25.8 Å². The van der Waals surface area contributed by atoms with E-state index in [9.17, 15) is 5.11 Å². The van der Waals surface area contributed by atoms with Crippen molar-refractivity contribution in [3.05, 3.63) is 67.3 Å². The summed E-state index contributed by atoms with van der Waals surface area (Å²) in [5.41, 5.74) is 2.77. The molecule has 0 aliphatic carbocycles. The van der Waals surface area contributed by atoms with Crippen LogP contribution in [0.1, 0.15) is 0 Å². The number of methoxy groups -OCH3 is 1. The van der Waals surface area contributed by atoms with Crippen LogP contribution in [0.2, 0.25) is 0 Å². The number of anilines is 1. The zero-order valence-electron chi connectivity index (χ0n) is 14.0. The number of hydrogen-bond donors (Lipinski definition) is 1. The summed E-state index contributed by atoms with van der Waals surface area (Å²) in [6, 6.07) is 17.6. The molecule has 0 amide bonds. The highest BCUT2D eigenvalue weighted by molar-refractivity contribution is 6.02. The fourth-order valence-electron chi connectivity index (χ4n) is 3.01. The maximum Gasteiger partial charge on any atom is 0.124 e. The summed E-state index contributed by atoms with van der Waals surface area (Å²) in [6.45, 7) is 4.53. The van der Waals surface area contributed by atoms with Crippen molar-refractivity contribution in [2.45, 2.75) is 0 Å². The van der Waals surface area contributed by atoms with Gasteiger partial charge in [-0.3, -0.25) is 0 Å². The number of aromatic hydroxyl groups is 1. The van der Waals surface area contributed by atoms with Gasteiger partial charge in [0.1, 0.15) is 11.5 Å². The van der Waals surface area contributed by atoms with Gasteiger partial charge >= 0.3 is 0 Å². The van der Waals surface area contributed by atoms with Gasteiger partial charge < -0.3 is 14.7 Å². The number of hydrogen-bond acceptors (Lipinski definition) is 3. The minimum absolute atomic E-state index is 0.259. The van der Waals surface area contributed by atoms with Gasteiger partial charge in [0.25, 0.3) is 0 Å². The van der Waals surface area contributed by atoms with Crippen molar-refractivity contribution in [2.24, 2.45) is 0 Å². The summed E-state index contributed by atoms with van der Waals surface area (Å²) in [7, 11) is 3.66. The molecule has 0 aliphatic heterocycles. The van der Waals surface area contributed by atoms with E-state index < -0.39 is 0 Å². The van der Waals surface area contributed by atoms with Crippen LogP contribution < -0.4 is 9.64 Å². The van der Waals surface area contributed by atoms with Crippen molar-refractivity contribution in [2.75, 3.05) is 25.6 Å². The molecule has 0 atom stereocenters. The molecular weight excluding hydrogens is 298 g/mol. The molecule has 3 rings (SSSR count). The van der Waals surface area contributed by atoms with E-state index in [0.717, 1.165) is 33.3 Å². The second-order valence-electron chi connectivity index (χ2n) is 5.73. The molecule has 3 heteroatoms. The number of fused-ring (bicyclic) bond motifs is 1. The molecule has 3 aromatic rings. The molecule has 3 nitrogen and oxygen atoms in total. The molecule has 3 aromatic carbocycles. The van der Waals surface area contributed by atoms with Crippen molar-refractivity contribution >= 4 is 16.5 Å². The first-order valence-corrected chi connectivity index (χ1v) is 7.87. The third-order valence-electron chi connectivity index (χ3n) is 4.19. The molecule has 0 fully saturated rings. The lowest BCUT2D eigenvalue weighted by atomic mass is 9.95. The number of rotatable bonds is 5. The summed E-state index contributed by atoms with van der Waals surface area (Å²) in [5.74, 6) is 1.02. The summed E-state index contributed by atoms with van der Waals surface area (Å²) >= 11 is 0. The summed E-state index contributed by atoms with van der Waals surface area (Å²) in [6.07, 6.45) is 1.86. The number of likely N-dealkylation sites (N-methyl/N-ethyl adjacent to an activating group) is 1. The first-order valence-electron chi connectivity index (χ1n) is 7.87. The van der Waals surface area contributed by atoms with Crippen molar-refractivity contribution in [3.63, 3.8) is 0 Å². The summed E-state index contributed by atoms with van der Waals surface area (Å²) in [5, 5.41) is 12.7. The standard InChI is InChI=1S/C21H21NO2/c1-4-13-22(2)19-11-10-16(24-3)14-18(19)21-17-8-6-5-7-15(17)9-12-20(21)23/h4-12,14,23H,1,13H2,2-3H3. The van der Waals surface area contributed by atoms with Gasteiger partial charge in [0.05, 0.1) is 7.11 Å². The molecule has 0 heterocycles. The average Bonchev–Trinajstić information content (AvgIpc) is 2.61. The van der Waals surface area contributed by atoms with Crippen LogP contribution in [0.4, 0.5) is 5.69 Å². The van der Waals surface area contributed by atoms with E-state index in [1.54, 1.807) is 13.2 Å². The third-order valence-corrected chi connectivity index (χ3v) is 4.19. The van der Waals surface area contributed by atoms with E-state index in [-0.39, 0.29) is 5.75 Å². The molecule has 0 aliphatic rings. The fraction of sp³-hybridized carbons (Fsp3) is 0.143. The normalized spacial score (nSPS) is 10.6. The first kappa shape index (κ1) is 15.9. The van der Waals surface area contributed by atoms with Crippen LogP contribution in [-0.2, 0) is 0 Å². The Morgan fingerprint density at radius 2 is 1.92 bits per heavy atom. The van der Waals surface area contributed by atoms with Gasteiger partial charge in [0.15, 0.2) is 0 Å². The Labute approximate surface area is 142 Å². The third kappa shape index (κ3) is 2.81. The average molecular weight is 319 g/mol. The summed E-state index contributed by atoms with van der Waals surface area (Å²) in [4.78, 5) is 2.10. The monoisotopic (exact) mass is 319 g/mol. The van der Waals surface area contributed by atoms with Crippen molar-refractivity contribution in [3.8, 4) is 22.6 Å². The molecule has 0 spiro atoms. The number of benzene rings is 3. The Kier molecular flexibility index (Phi) is 4.43. The van der Waals surface area contributed by atoms with Crippen LogP contribution in [0.3, 0.4) is 0 Å². The van der Waals surface area contributed by atoms with E-state index >= 15 is 0 Å². The number of ether oxygens (including phenoxy) is 1. The topological polar surface area (TPSA) is 32.7 Å². The Hall–Kier alpha value is -2.94. The SMILES string of the molecule is C=CCN(C)c1ccc(OC)cc1-c1c(O)ccc2ccccc12. The lowest BCUT2D eigenvalue weighted by molar-refractivity contribution is 0.415. The maximum atomic E-state index is 10.6. The summed E-state index contributed by atoms with van der Waals surface area (Å²) < 4.78 is 5.40. The molecule has 0 saturated carbocycles. The van der Waals surface area contributed by atoms with Gasteiger partial charge in [-0.15, -0.1) is 6.58 Å². The Bertz CT molecular complexity index is 886. The maximum absolute atomic E-state index is 10.6. The Morgan fingerprint density at radius 1 is 1.12 bits per heavy atom. The van der Waals surface area contributed by atoms with E-state index in [1.807, 2.05) is 61.7 Å². The quantitative estimate of drug-likeness (QED) is 0.683. The van der Waals surface area contributed by atoms with Gasteiger partial charge in [-0.25, -0.2) is 0 Å². The van der Waals surface area contributed by atoms with Gasteiger partial charge in [0.2, 0.25) is 0 Å². The van der Waals surface area contributed by atoms with Crippen LogP contribution >= 0.6 is 0 Å². The van der Waals surface area contributed by atoms with E-state index in [4.69, 9.17) is 4.74 Å². The predicted molar refractivity (Wildman–Crippen MR) is 101 cm³/mol. The van der Waals surface area contributed by atoms with Crippen molar-refractivity contribution in [1.29, 1.82) is 0 Å². The van der Waals surface area contributed by atoms with Gasteiger partial charge in [-0.2, -0.15) is 0 Å². The highest BCUT2D eigenvalue weighted by atomic mass is 16.5. The molecule has 0 aromatic heterocycles. The highest BCUT2D eigenvalue weighted by Gasteiger charge is 2.16. The number of phenols is 1. The molecule has 0 saturated heterocycles.